The van der Waals surface area contributed by atoms with Crippen LogP contribution in [-0.2, 0) is 4.79 Å². The van der Waals surface area contributed by atoms with Gasteiger partial charge in [0.1, 0.15) is 5.54 Å². The van der Waals surface area contributed by atoms with E-state index >= 15 is 0 Å². The fourth-order valence-electron chi connectivity index (χ4n) is 3.80. The number of hydrogen-bond donors (Lipinski definition) is 2. The number of nitrogens with two attached hydrogens (primary N) is 1. The van der Waals surface area contributed by atoms with Crippen molar-refractivity contribution < 1.29 is 9.90 Å². The number of carboxylic acids is 1. The van der Waals surface area contributed by atoms with Gasteiger partial charge in [0.2, 0.25) is 0 Å². The van der Waals surface area contributed by atoms with Gasteiger partial charge in [-0.05, 0) is 57.5 Å². The van der Waals surface area contributed by atoms with E-state index in [0.29, 0.717) is 18.9 Å². The molecule has 1 saturated carbocycles. The molecule has 2 atom stereocenters. The minimum atomic E-state index is -0.983. The summed E-state index contributed by atoms with van der Waals surface area (Å²) >= 11 is 0. The van der Waals surface area contributed by atoms with E-state index in [1.165, 1.54) is 25.7 Å². The number of carbonyl (C=O) groups is 1. The first kappa shape index (κ1) is 14.8. The lowest BCUT2D eigenvalue weighted by Gasteiger charge is -2.43. The predicted octanol–water partition coefficient (Wildman–Crippen LogP) is 2.22. The van der Waals surface area contributed by atoms with Crippen LogP contribution in [0.5, 0.6) is 0 Å². The number of piperidine rings is 1. The zero-order valence-electron chi connectivity index (χ0n) is 12.1. The highest BCUT2D eigenvalue weighted by Crippen LogP contribution is 2.32. The highest BCUT2D eigenvalue weighted by molar-refractivity contribution is 5.78. The quantitative estimate of drug-likeness (QED) is 0.820. The molecular weight excluding hydrogens is 240 g/mol. The highest BCUT2D eigenvalue weighted by Gasteiger charge is 2.41. The zero-order valence-corrected chi connectivity index (χ0v) is 12.1. The Hall–Kier alpha value is -0.610. The lowest BCUT2D eigenvalue weighted by atomic mass is 9.78. The van der Waals surface area contributed by atoms with E-state index in [2.05, 4.69) is 11.8 Å². The van der Waals surface area contributed by atoms with Crippen molar-refractivity contribution in [1.29, 1.82) is 0 Å². The van der Waals surface area contributed by atoms with Crippen molar-refractivity contribution in [2.75, 3.05) is 13.1 Å². The molecule has 110 valence electrons. The summed E-state index contributed by atoms with van der Waals surface area (Å²) in [6.07, 6.45) is 8.48. The molecule has 0 spiro atoms. The molecular formula is C15H28N2O2. The van der Waals surface area contributed by atoms with Crippen molar-refractivity contribution in [3.05, 3.63) is 0 Å². The summed E-state index contributed by atoms with van der Waals surface area (Å²) in [6.45, 7) is 4.51. The molecule has 0 aromatic carbocycles. The molecule has 0 amide bonds. The maximum absolute atomic E-state index is 11.3. The number of likely N-dealkylation sites (tertiary alicyclic amines) is 1. The first-order valence-corrected chi connectivity index (χ1v) is 7.81. The largest absolute Gasteiger partial charge is 0.480 e. The third kappa shape index (κ3) is 3.48. The molecule has 2 rings (SSSR count). The minimum absolute atomic E-state index is 0.387. The van der Waals surface area contributed by atoms with Crippen LogP contribution in [0.2, 0.25) is 0 Å². The minimum Gasteiger partial charge on any atom is -0.480 e. The van der Waals surface area contributed by atoms with Crippen molar-refractivity contribution in [2.45, 2.75) is 69.9 Å². The second-order valence-corrected chi connectivity index (χ2v) is 6.48. The summed E-state index contributed by atoms with van der Waals surface area (Å²) in [5, 5.41) is 9.28. The first-order valence-electron chi connectivity index (χ1n) is 7.81. The third-order valence-electron chi connectivity index (χ3n) is 5.05. The number of carboxylic acid groups (broad SMARTS) is 1. The molecule has 2 fully saturated rings. The Balaban J connectivity index is 1.87. The van der Waals surface area contributed by atoms with Gasteiger partial charge in [-0.25, -0.2) is 0 Å². The number of nitrogens with zero attached hydrogens (tertiary/aromatic N) is 1. The van der Waals surface area contributed by atoms with Crippen LogP contribution >= 0.6 is 0 Å². The smallest absolute Gasteiger partial charge is 0.323 e. The Morgan fingerprint density at radius 3 is 2.63 bits per heavy atom. The second kappa shape index (κ2) is 6.23. The fraction of sp³-hybridized carbons (Fsp3) is 0.933. The predicted molar refractivity (Wildman–Crippen MR) is 76.0 cm³/mol. The van der Waals surface area contributed by atoms with Gasteiger partial charge in [-0.1, -0.05) is 19.8 Å². The molecule has 1 aliphatic heterocycles. The Bertz CT molecular complexity index is 313. The molecule has 3 N–H and O–H groups in total. The fourth-order valence-corrected chi connectivity index (χ4v) is 3.80. The summed E-state index contributed by atoms with van der Waals surface area (Å²) < 4.78 is 0. The third-order valence-corrected chi connectivity index (χ3v) is 5.05. The molecule has 2 unspecified atom stereocenters. The van der Waals surface area contributed by atoms with Crippen molar-refractivity contribution >= 4 is 5.97 Å². The van der Waals surface area contributed by atoms with Crippen molar-refractivity contribution in [3.63, 3.8) is 0 Å². The lowest BCUT2D eigenvalue weighted by Crippen LogP contribution is -2.56. The number of hydrogen-bond acceptors (Lipinski definition) is 3. The van der Waals surface area contributed by atoms with Crippen LogP contribution in [0.1, 0.15) is 58.3 Å². The van der Waals surface area contributed by atoms with Gasteiger partial charge in [0.05, 0.1) is 0 Å². The molecule has 4 heteroatoms. The topological polar surface area (TPSA) is 66.6 Å². The van der Waals surface area contributed by atoms with Crippen LogP contribution in [0.25, 0.3) is 0 Å². The first-order chi connectivity index (χ1) is 9.05. The van der Waals surface area contributed by atoms with E-state index in [0.717, 1.165) is 31.8 Å². The number of aliphatic carboxylic acids is 1. The average molecular weight is 268 g/mol. The van der Waals surface area contributed by atoms with Gasteiger partial charge in [-0.2, -0.15) is 0 Å². The van der Waals surface area contributed by atoms with Crippen molar-refractivity contribution in [3.8, 4) is 0 Å². The molecule has 4 nitrogen and oxygen atoms in total. The molecule has 0 aromatic heterocycles. The Morgan fingerprint density at radius 1 is 1.37 bits per heavy atom. The molecule has 1 saturated heterocycles. The molecule has 0 radical (unpaired) electrons. The lowest BCUT2D eigenvalue weighted by molar-refractivity contribution is -0.145. The Morgan fingerprint density at radius 2 is 2.05 bits per heavy atom. The monoisotopic (exact) mass is 268 g/mol. The zero-order chi connectivity index (χ0) is 13.9. The van der Waals surface area contributed by atoms with Gasteiger partial charge >= 0.3 is 5.97 Å². The maximum Gasteiger partial charge on any atom is 0.323 e. The summed E-state index contributed by atoms with van der Waals surface area (Å²) in [5.41, 5.74) is 5.06. The van der Waals surface area contributed by atoms with Gasteiger partial charge in [-0.3, -0.25) is 4.79 Å². The van der Waals surface area contributed by atoms with Crippen molar-refractivity contribution in [1.82, 2.24) is 4.90 Å². The van der Waals surface area contributed by atoms with E-state index in [4.69, 9.17) is 5.73 Å². The van der Waals surface area contributed by atoms with Gasteiger partial charge in [0.15, 0.2) is 0 Å². The van der Waals surface area contributed by atoms with Crippen LogP contribution < -0.4 is 5.73 Å². The van der Waals surface area contributed by atoms with Crippen LogP contribution in [0.15, 0.2) is 0 Å². The molecule has 19 heavy (non-hydrogen) atoms. The average Bonchev–Trinajstić information content (AvgIpc) is 2.40. The molecule has 1 aliphatic carbocycles. The summed E-state index contributed by atoms with van der Waals surface area (Å²) in [4.78, 5) is 13.8. The molecule has 0 bridgehead atoms. The van der Waals surface area contributed by atoms with E-state index in [-0.39, 0.29) is 0 Å². The van der Waals surface area contributed by atoms with E-state index in [1.807, 2.05) is 0 Å². The Labute approximate surface area is 116 Å². The van der Waals surface area contributed by atoms with Gasteiger partial charge in [0, 0.05) is 6.04 Å². The normalized spacial score (nSPS) is 34.3. The number of rotatable bonds is 4. The van der Waals surface area contributed by atoms with Crippen LogP contribution in [-0.4, -0.2) is 40.6 Å². The van der Waals surface area contributed by atoms with Crippen LogP contribution in [0.3, 0.4) is 0 Å². The summed E-state index contributed by atoms with van der Waals surface area (Å²) in [7, 11) is 0. The van der Waals surface area contributed by atoms with E-state index in [9.17, 15) is 9.90 Å². The highest BCUT2D eigenvalue weighted by atomic mass is 16.4. The summed E-state index contributed by atoms with van der Waals surface area (Å²) in [5.74, 6) is 0.0602. The van der Waals surface area contributed by atoms with Crippen molar-refractivity contribution in [2.24, 2.45) is 11.7 Å². The van der Waals surface area contributed by atoms with Crippen LogP contribution in [0.4, 0.5) is 0 Å². The SMILES string of the molecule is CCCC1CCN(C2CCCC(N)(C(=O)O)C2)CC1. The summed E-state index contributed by atoms with van der Waals surface area (Å²) in [6, 6.07) is 0.387. The van der Waals surface area contributed by atoms with Gasteiger partial charge in [0.25, 0.3) is 0 Å². The maximum atomic E-state index is 11.3. The van der Waals surface area contributed by atoms with E-state index < -0.39 is 11.5 Å². The van der Waals surface area contributed by atoms with E-state index in [1.54, 1.807) is 0 Å². The van der Waals surface area contributed by atoms with Gasteiger partial charge < -0.3 is 15.7 Å². The Kier molecular flexibility index (Phi) is 4.85. The van der Waals surface area contributed by atoms with Crippen LogP contribution in [0, 0.1) is 5.92 Å². The molecule has 2 aliphatic rings. The second-order valence-electron chi connectivity index (χ2n) is 6.48. The molecule has 1 heterocycles. The molecule has 0 aromatic rings. The standard InChI is InChI=1S/C15H28N2O2/c1-2-4-12-6-9-17(10-7-12)13-5-3-8-15(16,11-13)14(18)19/h12-13H,2-11,16H2,1H3,(H,18,19). The van der Waals surface area contributed by atoms with Gasteiger partial charge in [-0.15, -0.1) is 0 Å².